The summed E-state index contributed by atoms with van der Waals surface area (Å²) in [5.74, 6) is -0.622. The van der Waals surface area contributed by atoms with Crippen molar-refractivity contribution in [2.24, 2.45) is 0 Å². The van der Waals surface area contributed by atoms with Gasteiger partial charge in [-0.2, -0.15) is 0 Å². The van der Waals surface area contributed by atoms with Crippen molar-refractivity contribution in [1.82, 2.24) is 10.6 Å². The number of halogens is 2. The maximum absolute atomic E-state index is 12.1. The van der Waals surface area contributed by atoms with Gasteiger partial charge >= 0.3 is 6.03 Å². The molecule has 0 aromatic heterocycles. The van der Waals surface area contributed by atoms with Gasteiger partial charge in [-0.3, -0.25) is 9.59 Å². The molecule has 0 atom stereocenters. The molecular formula is C20H22BrClN4O4. The van der Waals surface area contributed by atoms with E-state index in [1.807, 2.05) is 12.1 Å². The lowest BCUT2D eigenvalue weighted by Crippen LogP contribution is -2.31. The quantitative estimate of drug-likeness (QED) is 0.397. The zero-order chi connectivity index (χ0) is 21.9. The fourth-order valence-electron chi connectivity index (χ4n) is 2.36. The third-order valence-corrected chi connectivity index (χ3v) is 4.67. The van der Waals surface area contributed by atoms with Crippen LogP contribution >= 0.6 is 27.5 Å². The highest BCUT2D eigenvalue weighted by Gasteiger charge is 2.12. The molecule has 0 saturated carbocycles. The van der Waals surface area contributed by atoms with Gasteiger partial charge < -0.3 is 26.0 Å². The van der Waals surface area contributed by atoms with E-state index in [1.165, 1.54) is 12.1 Å². The van der Waals surface area contributed by atoms with Gasteiger partial charge in [0.25, 0.3) is 5.91 Å². The van der Waals surface area contributed by atoms with Crippen molar-refractivity contribution >= 4 is 56.8 Å². The van der Waals surface area contributed by atoms with Crippen LogP contribution in [0.2, 0.25) is 5.02 Å². The highest BCUT2D eigenvalue weighted by atomic mass is 79.9. The lowest BCUT2D eigenvalue weighted by molar-refractivity contribution is -0.116. The number of carbonyl (C=O) groups is 3. The first-order valence-electron chi connectivity index (χ1n) is 9.06. The molecule has 2 aromatic carbocycles. The molecule has 4 amide bonds. The molecule has 0 bridgehead atoms. The van der Waals surface area contributed by atoms with Crippen LogP contribution in [0.15, 0.2) is 46.9 Å². The Hall–Kier alpha value is -2.62. The zero-order valence-electron chi connectivity index (χ0n) is 16.3. The standard InChI is InChI=1S/C20H22BrClN4O4/c1-30-11-10-23-19(28)16-7-6-15(12-17(16)22)25-18(27)8-9-24-20(29)26-14-4-2-13(21)3-5-14/h2-7,12H,8-11H2,1H3,(H,23,28)(H,25,27)(H2,24,26,29). The minimum absolute atomic E-state index is 0.0740. The summed E-state index contributed by atoms with van der Waals surface area (Å²) in [6.45, 7) is 0.918. The zero-order valence-corrected chi connectivity index (χ0v) is 18.6. The van der Waals surface area contributed by atoms with Gasteiger partial charge in [0.15, 0.2) is 0 Å². The molecule has 4 N–H and O–H groups in total. The Labute approximate surface area is 187 Å². The first-order chi connectivity index (χ1) is 14.4. The maximum Gasteiger partial charge on any atom is 0.319 e. The van der Waals surface area contributed by atoms with Crippen molar-refractivity contribution in [3.8, 4) is 0 Å². The van der Waals surface area contributed by atoms with Crippen molar-refractivity contribution in [1.29, 1.82) is 0 Å². The van der Waals surface area contributed by atoms with E-state index >= 15 is 0 Å². The van der Waals surface area contributed by atoms with Crippen molar-refractivity contribution in [3.63, 3.8) is 0 Å². The van der Waals surface area contributed by atoms with Gasteiger partial charge in [-0.15, -0.1) is 0 Å². The first-order valence-corrected chi connectivity index (χ1v) is 10.2. The van der Waals surface area contributed by atoms with Gasteiger partial charge in [-0.1, -0.05) is 27.5 Å². The lowest BCUT2D eigenvalue weighted by atomic mass is 10.2. The average Bonchev–Trinajstić information content (AvgIpc) is 2.70. The fourth-order valence-corrected chi connectivity index (χ4v) is 2.89. The minimum Gasteiger partial charge on any atom is -0.383 e. The predicted molar refractivity (Wildman–Crippen MR) is 120 cm³/mol. The number of carbonyl (C=O) groups excluding carboxylic acids is 3. The first kappa shape index (κ1) is 23.7. The van der Waals surface area contributed by atoms with Crippen LogP contribution in [0.5, 0.6) is 0 Å². The van der Waals surface area contributed by atoms with Crippen LogP contribution in [-0.4, -0.2) is 44.7 Å². The van der Waals surface area contributed by atoms with E-state index in [0.717, 1.165) is 4.47 Å². The molecule has 10 heteroatoms. The van der Waals surface area contributed by atoms with Crippen LogP contribution in [0.25, 0.3) is 0 Å². The van der Waals surface area contributed by atoms with Crippen molar-refractivity contribution in [3.05, 3.63) is 57.5 Å². The largest absolute Gasteiger partial charge is 0.383 e. The molecule has 0 heterocycles. The van der Waals surface area contributed by atoms with Crippen LogP contribution in [0, 0.1) is 0 Å². The van der Waals surface area contributed by atoms with E-state index in [1.54, 1.807) is 25.3 Å². The molecule has 0 aliphatic carbocycles. The highest BCUT2D eigenvalue weighted by Crippen LogP contribution is 2.21. The van der Waals surface area contributed by atoms with E-state index in [9.17, 15) is 14.4 Å². The number of ether oxygens (including phenoxy) is 1. The van der Waals surface area contributed by atoms with Gasteiger partial charge in [0.05, 0.1) is 17.2 Å². The Morgan fingerprint density at radius 1 is 0.967 bits per heavy atom. The molecule has 2 aromatic rings. The third kappa shape index (κ3) is 8.02. The molecule has 0 fully saturated rings. The Kier molecular flexibility index (Phi) is 9.59. The lowest BCUT2D eigenvalue weighted by Gasteiger charge is -2.10. The summed E-state index contributed by atoms with van der Waals surface area (Å²) in [5, 5.41) is 10.9. The van der Waals surface area contributed by atoms with Crippen LogP contribution in [0.1, 0.15) is 16.8 Å². The van der Waals surface area contributed by atoms with Crippen molar-refractivity contribution < 1.29 is 19.1 Å². The summed E-state index contributed by atoms with van der Waals surface area (Å²) < 4.78 is 5.78. The Morgan fingerprint density at radius 2 is 1.67 bits per heavy atom. The van der Waals surface area contributed by atoms with E-state index < -0.39 is 6.03 Å². The molecule has 0 radical (unpaired) electrons. The van der Waals surface area contributed by atoms with Crippen LogP contribution in [0.3, 0.4) is 0 Å². The van der Waals surface area contributed by atoms with Crippen LogP contribution in [0.4, 0.5) is 16.2 Å². The summed E-state index contributed by atoms with van der Waals surface area (Å²) in [7, 11) is 1.54. The molecule has 0 saturated heterocycles. The Bertz CT molecular complexity index is 893. The summed E-state index contributed by atoms with van der Waals surface area (Å²) in [4.78, 5) is 36.0. The molecule has 160 valence electrons. The molecule has 0 aliphatic rings. The van der Waals surface area contributed by atoms with Gasteiger partial charge in [0.2, 0.25) is 5.91 Å². The van der Waals surface area contributed by atoms with E-state index in [4.69, 9.17) is 16.3 Å². The van der Waals surface area contributed by atoms with Gasteiger partial charge in [-0.05, 0) is 42.5 Å². The number of methoxy groups -OCH3 is 1. The van der Waals surface area contributed by atoms with Gasteiger partial charge in [0, 0.05) is 42.5 Å². The number of nitrogens with one attached hydrogen (secondary N) is 4. The molecule has 0 spiro atoms. The molecule has 2 rings (SSSR count). The average molecular weight is 498 g/mol. The van der Waals surface area contributed by atoms with Crippen molar-refractivity contribution in [2.75, 3.05) is 37.4 Å². The topological polar surface area (TPSA) is 109 Å². The highest BCUT2D eigenvalue weighted by molar-refractivity contribution is 9.10. The number of anilines is 2. The number of hydrogen-bond donors (Lipinski definition) is 4. The second-order valence-corrected chi connectivity index (χ2v) is 7.45. The summed E-state index contributed by atoms with van der Waals surface area (Å²) in [5.41, 5.74) is 1.40. The van der Waals surface area contributed by atoms with E-state index in [0.29, 0.717) is 30.1 Å². The second kappa shape index (κ2) is 12.2. The monoisotopic (exact) mass is 496 g/mol. The van der Waals surface area contributed by atoms with Gasteiger partial charge in [0.1, 0.15) is 0 Å². The summed E-state index contributed by atoms with van der Waals surface area (Å²) >= 11 is 9.46. The van der Waals surface area contributed by atoms with E-state index in [2.05, 4.69) is 37.2 Å². The number of urea groups is 1. The van der Waals surface area contributed by atoms with Crippen LogP contribution in [-0.2, 0) is 9.53 Å². The maximum atomic E-state index is 12.1. The smallest absolute Gasteiger partial charge is 0.319 e. The molecule has 0 aliphatic heterocycles. The number of rotatable bonds is 9. The molecule has 30 heavy (non-hydrogen) atoms. The fraction of sp³-hybridized carbons (Fsp3) is 0.250. The number of amides is 4. The second-order valence-electron chi connectivity index (χ2n) is 6.13. The number of benzene rings is 2. The summed E-state index contributed by atoms with van der Waals surface area (Å²) in [6, 6.07) is 11.3. The molecule has 0 unspecified atom stereocenters. The molecule has 8 nitrogen and oxygen atoms in total. The SMILES string of the molecule is COCCNC(=O)c1ccc(NC(=O)CCNC(=O)Nc2ccc(Br)cc2)cc1Cl. The van der Waals surface area contributed by atoms with Crippen molar-refractivity contribution in [2.45, 2.75) is 6.42 Å². The minimum atomic E-state index is -0.406. The normalized spacial score (nSPS) is 10.2. The Morgan fingerprint density at radius 3 is 2.33 bits per heavy atom. The van der Waals surface area contributed by atoms with E-state index in [-0.39, 0.29) is 29.8 Å². The predicted octanol–water partition coefficient (Wildman–Crippen LogP) is 3.63. The Balaban J connectivity index is 1.76. The number of hydrogen-bond acceptors (Lipinski definition) is 4. The summed E-state index contributed by atoms with van der Waals surface area (Å²) in [6.07, 6.45) is 0.0740. The third-order valence-electron chi connectivity index (χ3n) is 3.83. The molecular weight excluding hydrogens is 476 g/mol. The van der Waals surface area contributed by atoms with Crippen LogP contribution < -0.4 is 21.3 Å². The van der Waals surface area contributed by atoms with Gasteiger partial charge in [-0.25, -0.2) is 4.79 Å².